The molecule has 4 rings (SSSR count). The van der Waals surface area contributed by atoms with E-state index in [1.807, 2.05) is 18.2 Å². The Bertz CT molecular complexity index is 1040. The molecule has 0 spiro atoms. The van der Waals surface area contributed by atoms with Crippen molar-refractivity contribution in [3.8, 4) is 11.5 Å². The Hall–Kier alpha value is -3.45. The molecule has 3 N–H and O–H groups in total. The van der Waals surface area contributed by atoms with Crippen LogP contribution in [0.2, 0.25) is 0 Å². The van der Waals surface area contributed by atoms with Gasteiger partial charge in [-0.2, -0.15) is 0 Å². The number of ether oxygens (including phenoxy) is 1. The standard InChI is InChI=1S/C22H20FN3O3/c23-18-3-1-2-4-21(18)29-15-5-6-16-14(11-15)7-10-25-20(16)13-26-19-12-24-9-8-17(19)22(27)28/h1-6,8-9,11-12,20,25-26H,7,10,13H2,(H,27,28)/t20-/m0/s1. The van der Waals surface area contributed by atoms with Crippen LogP contribution in [0.1, 0.15) is 27.5 Å². The zero-order chi connectivity index (χ0) is 20.2. The lowest BCUT2D eigenvalue weighted by Gasteiger charge is -2.28. The van der Waals surface area contributed by atoms with Crippen molar-refractivity contribution in [1.82, 2.24) is 10.3 Å². The van der Waals surface area contributed by atoms with E-state index in [1.165, 1.54) is 24.5 Å². The maximum Gasteiger partial charge on any atom is 0.337 e. The maximum absolute atomic E-state index is 13.8. The maximum atomic E-state index is 13.8. The first-order chi connectivity index (χ1) is 14.1. The van der Waals surface area contributed by atoms with Gasteiger partial charge in [0.05, 0.1) is 17.4 Å². The van der Waals surface area contributed by atoms with Crippen molar-refractivity contribution >= 4 is 11.7 Å². The van der Waals surface area contributed by atoms with Gasteiger partial charge in [0.25, 0.3) is 0 Å². The number of benzene rings is 2. The number of carboxylic acids is 1. The smallest absolute Gasteiger partial charge is 0.337 e. The number of rotatable bonds is 6. The molecule has 0 fully saturated rings. The minimum absolute atomic E-state index is 0.00288. The fourth-order valence-corrected chi connectivity index (χ4v) is 3.46. The molecule has 1 aliphatic rings. The summed E-state index contributed by atoms with van der Waals surface area (Å²) < 4.78 is 19.5. The number of hydrogen-bond acceptors (Lipinski definition) is 5. The lowest BCUT2D eigenvalue weighted by atomic mass is 9.94. The summed E-state index contributed by atoms with van der Waals surface area (Å²) in [5, 5.41) is 15.9. The first-order valence-corrected chi connectivity index (χ1v) is 9.31. The Morgan fingerprint density at radius 1 is 1.28 bits per heavy atom. The first kappa shape index (κ1) is 18.9. The summed E-state index contributed by atoms with van der Waals surface area (Å²) >= 11 is 0. The molecule has 0 amide bonds. The van der Waals surface area contributed by atoms with E-state index in [9.17, 15) is 14.3 Å². The fourth-order valence-electron chi connectivity index (χ4n) is 3.46. The van der Waals surface area contributed by atoms with Crippen LogP contribution in [-0.4, -0.2) is 29.1 Å². The average Bonchev–Trinajstić information content (AvgIpc) is 2.74. The average molecular weight is 393 g/mol. The number of carboxylic acid groups (broad SMARTS) is 1. The van der Waals surface area contributed by atoms with Gasteiger partial charge in [-0.15, -0.1) is 0 Å². The normalized spacial score (nSPS) is 15.4. The second-order valence-corrected chi connectivity index (χ2v) is 6.76. The van der Waals surface area contributed by atoms with Crippen LogP contribution in [0, 0.1) is 5.82 Å². The summed E-state index contributed by atoms with van der Waals surface area (Å²) in [6.07, 6.45) is 3.80. The van der Waals surface area contributed by atoms with Gasteiger partial charge in [-0.3, -0.25) is 4.98 Å². The Kier molecular flexibility index (Phi) is 5.39. The topological polar surface area (TPSA) is 83.5 Å². The lowest BCUT2D eigenvalue weighted by molar-refractivity contribution is 0.0697. The molecule has 1 atom stereocenters. The van der Waals surface area contributed by atoms with Gasteiger partial charge in [0, 0.05) is 18.8 Å². The highest BCUT2D eigenvalue weighted by molar-refractivity contribution is 5.93. The molecule has 2 heterocycles. The molecule has 0 saturated heterocycles. The number of aromatic carboxylic acids is 1. The molecule has 148 valence electrons. The largest absolute Gasteiger partial charge is 0.478 e. The first-order valence-electron chi connectivity index (χ1n) is 9.31. The van der Waals surface area contributed by atoms with Gasteiger partial charge in [0.2, 0.25) is 0 Å². The zero-order valence-corrected chi connectivity index (χ0v) is 15.6. The number of nitrogens with one attached hydrogen (secondary N) is 2. The van der Waals surface area contributed by atoms with Crippen LogP contribution in [0.4, 0.5) is 10.1 Å². The van der Waals surface area contributed by atoms with E-state index in [4.69, 9.17) is 4.74 Å². The highest BCUT2D eigenvalue weighted by Crippen LogP contribution is 2.30. The molecule has 2 aromatic carbocycles. The van der Waals surface area contributed by atoms with E-state index in [0.717, 1.165) is 24.1 Å². The van der Waals surface area contributed by atoms with Gasteiger partial charge in [-0.1, -0.05) is 18.2 Å². The molecule has 3 aromatic rings. The fraction of sp³-hybridized carbons (Fsp3) is 0.182. The van der Waals surface area contributed by atoms with E-state index < -0.39 is 11.8 Å². The van der Waals surface area contributed by atoms with Crippen molar-refractivity contribution in [2.45, 2.75) is 12.5 Å². The van der Waals surface area contributed by atoms with E-state index in [1.54, 1.807) is 18.2 Å². The molecular weight excluding hydrogens is 373 g/mol. The van der Waals surface area contributed by atoms with Crippen molar-refractivity contribution in [3.63, 3.8) is 0 Å². The van der Waals surface area contributed by atoms with E-state index >= 15 is 0 Å². The molecule has 7 heteroatoms. The number of carbonyl (C=O) groups is 1. The Labute approximate surface area is 167 Å². The number of fused-ring (bicyclic) bond motifs is 1. The number of aromatic nitrogens is 1. The summed E-state index contributed by atoms with van der Waals surface area (Å²) in [5.74, 6) is -0.623. The molecule has 0 unspecified atom stereocenters. The van der Waals surface area contributed by atoms with E-state index in [0.29, 0.717) is 18.0 Å². The van der Waals surface area contributed by atoms with Gasteiger partial charge in [-0.25, -0.2) is 9.18 Å². The van der Waals surface area contributed by atoms with Gasteiger partial charge in [-0.05, 0) is 54.4 Å². The molecule has 0 aliphatic carbocycles. The van der Waals surface area contributed by atoms with Crippen LogP contribution in [0.5, 0.6) is 11.5 Å². The van der Waals surface area contributed by atoms with Crippen LogP contribution < -0.4 is 15.4 Å². The van der Waals surface area contributed by atoms with E-state index in [2.05, 4.69) is 15.6 Å². The summed E-state index contributed by atoms with van der Waals surface area (Å²) in [7, 11) is 0. The molecule has 0 saturated carbocycles. The van der Waals surface area contributed by atoms with E-state index in [-0.39, 0.29) is 17.4 Å². The molecule has 29 heavy (non-hydrogen) atoms. The third-order valence-electron chi connectivity index (χ3n) is 4.89. The summed E-state index contributed by atoms with van der Waals surface area (Å²) in [6, 6.07) is 13.5. The molecule has 1 aliphatic heterocycles. The molecular formula is C22H20FN3O3. The highest BCUT2D eigenvalue weighted by atomic mass is 19.1. The predicted octanol–water partition coefficient (Wildman–Crippen LogP) is 4.01. The monoisotopic (exact) mass is 393 g/mol. The van der Waals surface area contributed by atoms with Crippen molar-refractivity contribution in [1.29, 1.82) is 0 Å². The van der Waals surface area contributed by atoms with Gasteiger partial charge in [0.1, 0.15) is 5.75 Å². The van der Waals surface area contributed by atoms with Crippen molar-refractivity contribution in [3.05, 3.63) is 83.4 Å². The van der Waals surface area contributed by atoms with Crippen molar-refractivity contribution in [2.24, 2.45) is 0 Å². The summed E-state index contributed by atoms with van der Waals surface area (Å²) in [4.78, 5) is 15.4. The van der Waals surface area contributed by atoms with Crippen LogP contribution in [0.25, 0.3) is 0 Å². The Morgan fingerprint density at radius 3 is 2.97 bits per heavy atom. The minimum atomic E-state index is -0.998. The van der Waals surface area contributed by atoms with Crippen LogP contribution in [0.15, 0.2) is 60.9 Å². The number of pyridine rings is 1. The third kappa shape index (κ3) is 4.20. The summed E-state index contributed by atoms with van der Waals surface area (Å²) in [6.45, 7) is 1.29. The molecule has 1 aromatic heterocycles. The van der Waals surface area contributed by atoms with Gasteiger partial charge in [0.15, 0.2) is 11.6 Å². The Morgan fingerprint density at radius 2 is 2.14 bits per heavy atom. The van der Waals surface area contributed by atoms with Crippen LogP contribution in [-0.2, 0) is 6.42 Å². The van der Waals surface area contributed by atoms with Gasteiger partial charge >= 0.3 is 5.97 Å². The van der Waals surface area contributed by atoms with Crippen LogP contribution >= 0.6 is 0 Å². The zero-order valence-electron chi connectivity index (χ0n) is 15.6. The van der Waals surface area contributed by atoms with Gasteiger partial charge < -0.3 is 20.5 Å². The van der Waals surface area contributed by atoms with Crippen molar-refractivity contribution in [2.75, 3.05) is 18.4 Å². The van der Waals surface area contributed by atoms with Crippen LogP contribution in [0.3, 0.4) is 0 Å². The van der Waals surface area contributed by atoms with Crippen molar-refractivity contribution < 1.29 is 19.0 Å². The SMILES string of the molecule is O=C(O)c1ccncc1NC[C@@H]1NCCc2cc(Oc3ccccc3F)ccc21. The Balaban J connectivity index is 1.50. The summed E-state index contributed by atoms with van der Waals surface area (Å²) in [5.41, 5.74) is 2.89. The quantitative estimate of drug-likeness (QED) is 0.587. The number of hydrogen-bond donors (Lipinski definition) is 3. The number of halogens is 1. The molecule has 0 radical (unpaired) electrons. The number of para-hydroxylation sites is 1. The molecule has 6 nitrogen and oxygen atoms in total. The predicted molar refractivity (Wildman–Crippen MR) is 107 cm³/mol. The number of anilines is 1. The minimum Gasteiger partial charge on any atom is -0.478 e. The molecule has 0 bridgehead atoms. The number of nitrogens with zero attached hydrogens (tertiary/aromatic N) is 1. The third-order valence-corrected chi connectivity index (χ3v) is 4.89. The second-order valence-electron chi connectivity index (χ2n) is 6.76. The highest BCUT2D eigenvalue weighted by Gasteiger charge is 2.21. The second kappa shape index (κ2) is 8.28. The lowest BCUT2D eigenvalue weighted by Crippen LogP contribution is -2.34.